The lowest BCUT2D eigenvalue weighted by molar-refractivity contribution is -0.161. The molecule has 6 atom stereocenters. The topological polar surface area (TPSA) is 237 Å². The van der Waals surface area contributed by atoms with Gasteiger partial charge in [-0.2, -0.15) is 0 Å². The van der Waals surface area contributed by atoms with Crippen molar-refractivity contribution in [1.82, 2.24) is 0 Å². The summed E-state index contributed by atoms with van der Waals surface area (Å²) in [5, 5.41) is 10.4. The molecule has 19 heteroatoms. The predicted octanol–water partition coefficient (Wildman–Crippen LogP) is 13.4. The van der Waals surface area contributed by atoms with Crippen LogP contribution in [-0.4, -0.2) is 96.7 Å². The van der Waals surface area contributed by atoms with Gasteiger partial charge in [-0.25, -0.2) is 9.13 Å². The lowest BCUT2D eigenvalue weighted by Gasteiger charge is -2.21. The van der Waals surface area contributed by atoms with E-state index in [0.29, 0.717) is 31.6 Å². The summed E-state index contributed by atoms with van der Waals surface area (Å²) in [6.45, 7) is 9.15. The molecule has 0 bridgehead atoms. The Balaban J connectivity index is 5.20. The Hall–Kier alpha value is -1.94. The summed E-state index contributed by atoms with van der Waals surface area (Å²) < 4.78 is 67.2. The zero-order valence-electron chi connectivity index (χ0n) is 45.7. The molecule has 0 radical (unpaired) electrons. The van der Waals surface area contributed by atoms with Crippen LogP contribution in [-0.2, 0) is 65.4 Å². The molecule has 0 spiro atoms. The third-order valence-corrected chi connectivity index (χ3v) is 14.2. The van der Waals surface area contributed by atoms with Gasteiger partial charge in [0.25, 0.3) is 0 Å². The minimum atomic E-state index is -4.93. The molecule has 0 aromatic heterocycles. The van der Waals surface area contributed by atoms with Crippen molar-refractivity contribution < 1.29 is 80.2 Å². The number of carbonyl (C=O) groups excluding carboxylic acids is 4. The molecule has 0 aromatic carbocycles. The largest absolute Gasteiger partial charge is 0.472 e. The van der Waals surface area contributed by atoms with Crippen LogP contribution in [0, 0.1) is 11.8 Å². The first kappa shape index (κ1) is 70.1. The number of ether oxygens (including phenoxy) is 4. The number of hydrogen-bond donors (Lipinski definition) is 3. The zero-order chi connectivity index (χ0) is 53.7. The second-order valence-electron chi connectivity index (χ2n) is 20.0. The number of phosphoric acid groups is 2. The number of phosphoric ester groups is 2. The monoisotopic (exact) mass is 1070 g/mol. The molecule has 3 N–H and O–H groups in total. The first-order chi connectivity index (χ1) is 34.4. The molecule has 426 valence electrons. The van der Waals surface area contributed by atoms with Crippen LogP contribution in [0.15, 0.2) is 0 Å². The Morgan fingerprint density at radius 1 is 0.403 bits per heavy atom. The summed E-state index contributed by atoms with van der Waals surface area (Å²) in [6.07, 6.45) is 24.5. The third kappa shape index (κ3) is 46.6. The second kappa shape index (κ2) is 46.4. The van der Waals surface area contributed by atoms with Crippen LogP contribution in [0.2, 0.25) is 0 Å². The van der Waals surface area contributed by atoms with Gasteiger partial charge in [-0.15, -0.1) is 0 Å². The fourth-order valence-corrected chi connectivity index (χ4v) is 9.13. The van der Waals surface area contributed by atoms with Crippen molar-refractivity contribution in [2.24, 2.45) is 11.8 Å². The van der Waals surface area contributed by atoms with E-state index in [1.54, 1.807) is 0 Å². The SMILES string of the molecule is CCCCCCCCCCC(=O)O[C@H](COC(=O)CCCCCCC)COP(=O)(O)OC[C@H](O)COP(=O)(O)OC[C@@H](COC(=O)CCCCCCCCC(C)C)OC(=O)CCCCCCCCC(C)CC. The molecule has 0 saturated carbocycles. The third-order valence-electron chi connectivity index (χ3n) is 12.3. The Labute approximate surface area is 435 Å². The van der Waals surface area contributed by atoms with Gasteiger partial charge in [0.2, 0.25) is 0 Å². The normalized spacial score (nSPS) is 15.0. The summed E-state index contributed by atoms with van der Waals surface area (Å²) in [5.41, 5.74) is 0. The smallest absolute Gasteiger partial charge is 0.462 e. The highest BCUT2D eigenvalue weighted by Crippen LogP contribution is 2.45. The highest BCUT2D eigenvalue weighted by molar-refractivity contribution is 7.47. The van der Waals surface area contributed by atoms with Gasteiger partial charge in [-0.1, -0.05) is 196 Å². The van der Waals surface area contributed by atoms with E-state index in [9.17, 15) is 43.2 Å². The van der Waals surface area contributed by atoms with E-state index in [1.165, 1.54) is 44.9 Å². The molecule has 0 saturated heterocycles. The van der Waals surface area contributed by atoms with E-state index in [-0.39, 0.29) is 25.7 Å². The first-order valence-electron chi connectivity index (χ1n) is 28.0. The fourth-order valence-electron chi connectivity index (χ4n) is 7.55. The Morgan fingerprint density at radius 3 is 1.06 bits per heavy atom. The van der Waals surface area contributed by atoms with Crippen LogP contribution in [0.4, 0.5) is 0 Å². The molecular weight excluding hydrogens is 971 g/mol. The number of esters is 4. The van der Waals surface area contributed by atoms with Crippen molar-refractivity contribution in [3.63, 3.8) is 0 Å². The van der Waals surface area contributed by atoms with Gasteiger partial charge in [-0.05, 0) is 37.5 Å². The molecular formula is C53H102O17P2. The highest BCUT2D eigenvalue weighted by Gasteiger charge is 2.30. The van der Waals surface area contributed by atoms with Gasteiger partial charge in [-0.3, -0.25) is 37.3 Å². The van der Waals surface area contributed by atoms with Crippen LogP contribution in [0.1, 0.15) is 247 Å². The number of carbonyl (C=O) groups is 4. The van der Waals surface area contributed by atoms with E-state index in [0.717, 1.165) is 115 Å². The summed E-state index contributed by atoms with van der Waals surface area (Å²) in [5.74, 6) is -0.768. The van der Waals surface area contributed by atoms with Crippen LogP contribution >= 0.6 is 15.6 Å². The minimum Gasteiger partial charge on any atom is -0.462 e. The fraction of sp³-hybridized carbons (Fsp3) is 0.925. The average molecular weight is 1070 g/mol. The molecule has 0 heterocycles. The van der Waals surface area contributed by atoms with Crippen molar-refractivity contribution in [3.05, 3.63) is 0 Å². The van der Waals surface area contributed by atoms with Crippen molar-refractivity contribution in [2.45, 2.75) is 265 Å². The molecule has 0 aliphatic rings. The molecule has 0 fully saturated rings. The molecule has 0 amide bonds. The Kier molecular flexibility index (Phi) is 45.1. The van der Waals surface area contributed by atoms with Gasteiger partial charge < -0.3 is 33.8 Å². The van der Waals surface area contributed by atoms with Crippen molar-refractivity contribution >= 4 is 39.5 Å². The maximum atomic E-state index is 12.8. The second-order valence-corrected chi connectivity index (χ2v) is 22.9. The predicted molar refractivity (Wildman–Crippen MR) is 280 cm³/mol. The molecule has 17 nitrogen and oxygen atoms in total. The molecule has 0 aromatic rings. The van der Waals surface area contributed by atoms with E-state index in [1.807, 2.05) is 0 Å². The van der Waals surface area contributed by atoms with Crippen LogP contribution in [0.5, 0.6) is 0 Å². The van der Waals surface area contributed by atoms with Crippen molar-refractivity contribution in [1.29, 1.82) is 0 Å². The Bertz CT molecular complexity index is 1450. The first-order valence-corrected chi connectivity index (χ1v) is 31.0. The lowest BCUT2D eigenvalue weighted by atomic mass is 10.00. The summed E-state index contributed by atoms with van der Waals surface area (Å²) in [6, 6.07) is 0. The van der Waals surface area contributed by atoms with Gasteiger partial charge in [0, 0.05) is 25.7 Å². The van der Waals surface area contributed by atoms with Gasteiger partial charge in [0.1, 0.15) is 19.3 Å². The minimum absolute atomic E-state index is 0.101. The van der Waals surface area contributed by atoms with Crippen LogP contribution < -0.4 is 0 Å². The summed E-state index contributed by atoms with van der Waals surface area (Å²) in [7, 11) is -9.85. The van der Waals surface area contributed by atoms with Gasteiger partial charge in [0.05, 0.1) is 26.4 Å². The van der Waals surface area contributed by atoms with E-state index in [4.69, 9.17) is 37.0 Å². The molecule has 3 unspecified atom stereocenters. The maximum Gasteiger partial charge on any atom is 0.472 e. The number of hydrogen-bond acceptors (Lipinski definition) is 15. The van der Waals surface area contributed by atoms with Gasteiger partial charge in [0.15, 0.2) is 12.2 Å². The standard InChI is InChI=1S/C53H102O17P2/c1-7-10-12-14-15-16-25-31-37-52(57)69-48(41-63-50(55)35-29-21-13-11-8-2)43-67-71(59,60)65-39-47(54)40-66-72(61,62)68-44-49(42-64-51(56)36-30-24-19-17-22-27-33-45(4)5)70-53(58)38-32-26-20-18-23-28-34-46(6)9-3/h45-49,54H,7-44H2,1-6H3,(H,59,60)(H,61,62)/t46?,47-,48+,49+/m0/s1. The van der Waals surface area contributed by atoms with E-state index in [2.05, 4.69) is 41.5 Å². The number of rotatable bonds is 52. The van der Waals surface area contributed by atoms with Crippen molar-refractivity contribution in [2.75, 3.05) is 39.6 Å². The van der Waals surface area contributed by atoms with Crippen LogP contribution in [0.25, 0.3) is 0 Å². The molecule has 0 rings (SSSR count). The van der Waals surface area contributed by atoms with E-state index < -0.39 is 97.5 Å². The van der Waals surface area contributed by atoms with Crippen molar-refractivity contribution in [3.8, 4) is 0 Å². The molecule has 72 heavy (non-hydrogen) atoms. The average Bonchev–Trinajstić information content (AvgIpc) is 3.34. The van der Waals surface area contributed by atoms with Gasteiger partial charge >= 0.3 is 39.5 Å². The quantitative estimate of drug-likeness (QED) is 0.0222. The van der Waals surface area contributed by atoms with E-state index >= 15 is 0 Å². The number of aliphatic hydroxyl groups is 1. The number of unbranched alkanes of at least 4 members (excludes halogenated alkanes) is 21. The summed E-state index contributed by atoms with van der Waals surface area (Å²) in [4.78, 5) is 71.3. The zero-order valence-corrected chi connectivity index (χ0v) is 47.5. The Morgan fingerprint density at radius 2 is 0.708 bits per heavy atom. The van der Waals surface area contributed by atoms with Crippen LogP contribution in [0.3, 0.4) is 0 Å². The lowest BCUT2D eigenvalue weighted by Crippen LogP contribution is -2.30. The highest BCUT2D eigenvalue weighted by atomic mass is 31.2. The number of aliphatic hydroxyl groups excluding tert-OH is 1. The molecule has 0 aliphatic heterocycles. The maximum absolute atomic E-state index is 12.8. The molecule has 0 aliphatic carbocycles. The summed E-state index contributed by atoms with van der Waals surface area (Å²) >= 11 is 0.